The summed E-state index contributed by atoms with van der Waals surface area (Å²) in [6, 6.07) is 22.8. The number of ether oxygens (including phenoxy) is 1. The van der Waals surface area contributed by atoms with Gasteiger partial charge in [-0.1, -0.05) is 48.5 Å². The van der Waals surface area contributed by atoms with Crippen LogP contribution in [-0.4, -0.2) is 22.6 Å². The Morgan fingerprint density at radius 1 is 1.03 bits per heavy atom. The Balaban J connectivity index is 1.61. The van der Waals surface area contributed by atoms with Crippen LogP contribution in [0.2, 0.25) is 0 Å². The minimum atomic E-state index is -0.495. The van der Waals surface area contributed by atoms with Crippen LogP contribution in [0.15, 0.2) is 77.6 Å². The standard InChI is InChI=1S/C25H24N4O3/c1-17-12-13-22(32-2)20(14-17)27-23(30)16-29-21-11-7-6-10-19(21)24(28-25(29)31)26-15-18-8-4-3-5-9-18/h3-14H,15-16H2,1-2H3,(H,27,30)(H,26,28,31). The second-order valence-electron chi connectivity index (χ2n) is 7.44. The fourth-order valence-corrected chi connectivity index (χ4v) is 3.55. The second kappa shape index (κ2) is 9.34. The summed E-state index contributed by atoms with van der Waals surface area (Å²) in [5.74, 6) is 0.708. The van der Waals surface area contributed by atoms with Crippen LogP contribution in [-0.2, 0) is 17.9 Å². The maximum atomic E-state index is 12.8. The van der Waals surface area contributed by atoms with E-state index in [9.17, 15) is 9.59 Å². The van der Waals surface area contributed by atoms with E-state index in [0.717, 1.165) is 16.5 Å². The fourth-order valence-electron chi connectivity index (χ4n) is 3.55. The van der Waals surface area contributed by atoms with Crippen LogP contribution < -0.4 is 21.1 Å². The van der Waals surface area contributed by atoms with Gasteiger partial charge in [-0.25, -0.2) is 4.79 Å². The average molecular weight is 428 g/mol. The van der Waals surface area contributed by atoms with Gasteiger partial charge in [-0.15, -0.1) is 0 Å². The van der Waals surface area contributed by atoms with Gasteiger partial charge in [0, 0.05) is 11.9 Å². The highest BCUT2D eigenvalue weighted by molar-refractivity contribution is 5.94. The fraction of sp³-hybridized carbons (Fsp3) is 0.160. The topological polar surface area (TPSA) is 85.2 Å². The van der Waals surface area contributed by atoms with Crippen LogP contribution in [0.25, 0.3) is 10.9 Å². The monoisotopic (exact) mass is 428 g/mol. The van der Waals surface area contributed by atoms with Crippen molar-refractivity contribution in [2.24, 2.45) is 0 Å². The number of para-hydroxylation sites is 1. The molecule has 4 rings (SSSR count). The molecule has 0 aliphatic carbocycles. The normalized spacial score (nSPS) is 10.7. The summed E-state index contributed by atoms with van der Waals surface area (Å²) in [5, 5.41) is 6.85. The van der Waals surface area contributed by atoms with Crippen LogP contribution in [0.3, 0.4) is 0 Å². The average Bonchev–Trinajstić information content (AvgIpc) is 2.80. The number of nitrogens with zero attached hydrogens (tertiary/aromatic N) is 2. The van der Waals surface area contributed by atoms with Crippen LogP contribution in [0.1, 0.15) is 11.1 Å². The van der Waals surface area contributed by atoms with Crippen molar-refractivity contribution in [3.63, 3.8) is 0 Å². The Morgan fingerprint density at radius 3 is 2.56 bits per heavy atom. The van der Waals surface area contributed by atoms with Gasteiger partial charge in [0.25, 0.3) is 0 Å². The lowest BCUT2D eigenvalue weighted by molar-refractivity contribution is -0.116. The number of nitrogens with one attached hydrogen (secondary N) is 2. The molecule has 3 aromatic carbocycles. The van der Waals surface area contributed by atoms with Gasteiger partial charge in [-0.05, 0) is 42.3 Å². The number of aryl methyl sites for hydroxylation is 1. The molecule has 1 amide bonds. The number of methoxy groups -OCH3 is 1. The minimum absolute atomic E-state index is 0.164. The molecule has 7 heteroatoms. The van der Waals surface area contributed by atoms with Crippen molar-refractivity contribution in [3.05, 3.63) is 94.4 Å². The first-order valence-electron chi connectivity index (χ1n) is 10.3. The highest BCUT2D eigenvalue weighted by atomic mass is 16.5. The van der Waals surface area contributed by atoms with Crippen molar-refractivity contribution >= 4 is 28.3 Å². The molecule has 1 heterocycles. The van der Waals surface area contributed by atoms with Crippen LogP contribution in [0, 0.1) is 6.92 Å². The van der Waals surface area contributed by atoms with E-state index >= 15 is 0 Å². The molecule has 0 aliphatic heterocycles. The molecule has 4 aromatic rings. The van der Waals surface area contributed by atoms with Gasteiger partial charge >= 0.3 is 5.69 Å². The van der Waals surface area contributed by atoms with Crippen molar-refractivity contribution < 1.29 is 9.53 Å². The van der Waals surface area contributed by atoms with Gasteiger partial charge in [0.05, 0.1) is 18.3 Å². The summed E-state index contributed by atoms with van der Waals surface area (Å²) in [6.07, 6.45) is 0. The molecule has 0 aliphatic rings. The molecule has 0 spiro atoms. The molecule has 0 saturated heterocycles. The third-order valence-electron chi connectivity index (χ3n) is 5.12. The Morgan fingerprint density at radius 2 is 1.78 bits per heavy atom. The summed E-state index contributed by atoms with van der Waals surface area (Å²) in [6.45, 7) is 2.30. The van der Waals surface area contributed by atoms with Crippen LogP contribution in [0.5, 0.6) is 5.75 Å². The minimum Gasteiger partial charge on any atom is -0.495 e. The summed E-state index contributed by atoms with van der Waals surface area (Å²) in [5.41, 5.74) is 2.76. The van der Waals surface area contributed by atoms with E-state index in [2.05, 4.69) is 15.6 Å². The number of aromatic nitrogens is 2. The Hall–Kier alpha value is -4.13. The van der Waals surface area contributed by atoms with Crippen molar-refractivity contribution in [3.8, 4) is 5.75 Å². The van der Waals surface area contributed by atoms with Gasteiger partial charge in [0.15, 0.2) is 0 Å². The van der Waals surface area contributed by atoms with E-state index in [-0.39, 0.29) is 12.5 Å². The molecule has 0 bridgehead atoms. The highest BCUT2D eigenvalue weighted by Crippen LogP contribution is 2.25. The number of carbonyl (C=O) groups excluding carboxylic acids is 1. The number of hydrogen-bond acceptors (Lipinski definition) is 5. The van der Waals surface area contributed by atoms with E-state index in [4.69, 9.17) is 4.74 Å². The predicted octanol–water partition coefficient (Wildman–Crippen LogP) is 3.96. The zero-order chi connectivity index (χ0) is 22.5. The number of carbonyl (C=O) groups is 1. The largest absolute Gasteiger partial charge is 0.495 e. The highest BCUT2D eigenvalue weighted by Gasteiger charge is 2.14. The number of rotatable bonds is 7. The molecule has 162 valence electrons. The lowest BCUT2D eigenvalue weighted by Gasteiger charge is -2.15. The van der Waals surface area contributed by atoms with Crippen LogP contribution >= 0.6 is 0 Å². The van der Waals surface area contributed by atoms with Gasteiger partial charge < -0.3 is 15.4 Å². The molecule has 0 atom stereocenters. The first-order chi connectivity index (χ1) is 15.5. The first kappa shape index (κ1) is 21.1. The Kier molecular flexibility index (Phi) is 6.17. The SMILES string of the molecule is COc1ccc(C)cc1NC(=O)Cn1c(=O)nc(NCc2ccccc2)c2ccccc21. The smallest absolute Gasteiger partial charge is 0.350 e. The number of fused-ring (bicyclic) bond motifs is 1. The van der Waals surface area contributed by atoms with Gasteiger partial charge in [0.1, 0.15) is 18.1 Å². The molecule has 1 aromatic heterocycles. The van der Waals surface area contributed by atoms with E-state index in [1.54, 1.807) is 13.2 Å². The first-order valence-corrected chi connectivity index (χ1v) is 10.3. The van der Waals surface area contributed by atoms with Crippen molar-refractivity contribution in [1.82, 2.24) is 9.55 Å². The Labute approximate surface area is 185 Å². The molecule has 2 N–H and O–H groups in total. The molecule has 0 unspecified atom stereocenters. The summed E-state index contributed by atoms with van der Waals surface area (Å²) in [4.78, 5) is 29.8. The zero-order valence-corrected chi connectivity index (χ0v) is 18.0. The molecule has 32 heavy (non-hydrogen) atoms. The summed E-state index contributed by atoms with van der Waals surface area (Å²) in [7, 11) is 1.55. The zero-order valence-electron chi connectivity index (χ0n) is 18.0. The van der Waals surface area contributed by atoms with Gasteiger partial charge in [-0.2, -0.15) is 4.98 Å². The van der Waals surface area contributed by atoms with Crippen molar-refractivity contribution in [2.45, 2.75) is 20.0 Å². The molecular formula is C25H24N4O3. The van der Waals surface area contributed by atoms with Gasteiger partial charge in [-0.3, -0.25) is 9.36 Å². The second-order valence-corrected chi connectivity index (χ2v) is 7.44. The Bertz CT molecular complexity index is 1320. The lowest BCUT2D eigenvalue weighted by Crippen LogP contribution is -2.30. The summed E-state index contributed by atoms with van der Waals surface area (Å²) < 4.78 is 6.70. The molecule has 7 nitrogen and oxygen atoms in total. The molecular weight excluding hydrogens is 404 g/mol. The molecule has 0 radical (unpaired) electrons. The predicted molar refractivity (Wildman–Crippen MR) is 126 cm³/mol. The van der Waals surface area contributed by atoms with E-state index in [1.807, 2.05) is 73.7 Å². The third kappa shape index (κ3) is 4.62. The van der Waals surface area contributed by atoms with Crippen molar-refractivity contribution in [2.75, 3.05) is 17.7 Å². The number of benzene rings is 3. The molecule has 0 fully saturated rings. The summed E-state index contributed by atoms with van der Waals surface area (Å²) >= 11 is 0. The quantitative estimate of drug-likeness (QED) is 0.465. The maximum absolute atomic E-state index is 12.8. The number of hydrogen-bond donors (Lipinski definition) is 2. The van der Waals surface area contributed by atoms with E-state index < -0.39 is 5.69 Å². The third-order valence-corrected chi connectivity index (χ3v) is 5.12. The number of anilines is 2. The molecule has 0 saturated carbocycles. The van der Waals surface area contributed by atoms with Crippen molar-refractivity contribution in [1.29, 1.82) is 0 Å². The lowest BCUT2D eigenvalue weighted by atomic mass is 10.2. The van der Waals surface area contributed by atoms with Gasteiger partial charge in [0.2, 0.25) is 5.91 Å². The maximum Gasteiger partial charge on any atom is 0.350 e. The van der Waals surface area contributed by atoms with E-state index in [0.29, 0.717) is 29.3 Å². The van der Waals surface area contributed by atoms with E-state index in [1.165, 1.54) is 4.57 Å². The number of amides is 1. The van der Waals surface area contributed by atoms with Crippen LogP contribution in [0.4, 0.5) is 11.5 Å².